The lowest BCUT2D eigenvalue weighted by Crippen LogP contribution is -2.53. The molecule has 3 heterocycles. The van der Waals surface area contributed by atoms with Crippen LogP contribution in [0.1, 0.15) is 36.0 Å². The first-order chi connectivity index (χ1) is 16.4. The van der Waals surface area contributed by atoms with Gasteiger partial charge >= 0.3 is 0 Å². The lowest BCUT2D eigenvalue weighted by molar-refractivity contribution is -0.139. The highest BCUT2D eigenvalue weighted by molar-refractivity contribution is 6.01. The van der Waals surface area contributed by atoms with Crippen molar-refractivity contribution in [1.82, 2.24) is 4.90 Å². The lowest BCUT2D eigenvalue weighted by atomic mass is 9.82. The monoisotopic (exact) mass is 464 g/mol. The highest BCUT2D eigenvalue weighted by Gasteiger charge is 2.45. The number of ketones is 1. The molecular formula is C26H28N2O6. The van der Waals surface area contributed by atoms with Gasteiger partial charge in [0.15, 0.2) is 5.78 Å². The summed E-state index contributed by atoms with van der Waals surface area (Å²) >= 11 is 0. The topological polar surface area (TPSA) is 85.4 Å². The zero-order chi connectivity index (χ0) is 23.9. The molecule has 8 nitrogen and oxygen atoms in total. The maximum absolute atomic E-state index is 13.2. The SMILES string of the molecule is COc1ccc(N2CC(C(=O)N3CCC4(CC3)CC(=O)c3ccc(OC)cc3O4)CC2=O)cc1. The van der Waals surface area contributed by atoms with Gasteiger partial charge in [0.05, 0.1) is 32.1 Å². The third kappa shape index (κ3) is 3.97. The van der Waals surface area contributed by atoms with Gasteiger partial charge in [0.2, 0.25) is 11.8 Å². The van der Waals surface area contributed by atoms with Gasteiger partial charge < -0.3 is 24.0 Å². The van der Waals surface area contributed by atoms with Crippen LogP contribution in [0.2, 0.25) is 0 Å². The predicted octanol–water partition coefficient (Wildman–Crippen LogP) is 3.08. The van der Waals surface area contributed by atoms with Crippen molar-refractivity contribution < 1.29 is 28.6 Å². The second-order valence-corrected chi connectivity index (χ2v) is 9.18. The summed E-state index contributed by atoms with van der Waals surface area (Å²) < 4.78 is 16.8. The molecule has 34 heavy (non-hydrogen) atoms. The van der Waals surface area contributed by atoms with E-state index >= 15 is 0 Å². The van der Waals surface area contributed by atoms with E-state index in [0.717, 1.165) is 11.4 Å². The number of rotatable bonds is 4. The number of anilines is 1. The van der Waals surface area contributed by atoms with E-state index in [-0.39, 0.29) is 29.9 Å². The van der Waals surface area contributed by atoms with Gasteiger partial charge in [-0.05, 0) is 36.4 Å². The number of carbonyl (C=O) groups excluding carboxylic acids is 3. The normalized spacial score (nSPS) is 21.3. The first kappa shape index (κ1) is 22.3. The van der Waals surface area contributed by atoms with E-state index in [2.05, 4.69) is 0 Å². The Balaban J connectivity index is 1.23. The number of carbonyl (C=O) groups is 3. The lowest BCUT2D eigenvalue weighted by Gasteiger charge is -2.44. The van der Waals surface area contributed by atoms with E-state index in [1.54, 1.807) is 49.5 Å². The summed E-state index contributed by atoms with van der Waals surface area (Å²) in [5.74, 6) is 1.53. The molecule has 0 aromatic heterocycles. The summed E-state index contributed by atoms with van der Waals surface area (Å²) in [6.45, 7) is 1.37. The zero-order valence-corrected chi connectivity index (χ0v) is 19.4. The van der Waals surface area contributed by atoms with Gasteiger partial charge in [0.1, 0.15) is 22.8 Å². The second kappa shape index (κ2) is 8.66. The molecule has 2 aromatic carbocycles. The van der Waals surface area contributed by atoms with Crippen molar-refractivity contribution >= 4 is 23.3 Å². The zero-order valence-electron chi connectivity index (χ0n) is 19.4. The molecule has 2 amide bonds. The highest BCUT2D eigenvalue weighted by Crippen LogP contribution is 2.41. The number of piperidine rings is 1. The molecule has 0 aliphatic carbocycles. The van der Waals surface area contributed by atoms with E-state index < -0.39 is 5.60 Å². The number of amides is 2. The van der Waals surface area contributed by atoms with E-state index in [4.69, 9.17) is 14.2 Å². The summed E-state index contributed by atoms with van der Waals surface area (Å²) in [6, 6.07) is 12.5. The van der Waals surface area contributed by atoms with Crippen LogP contribution in [0.4, 0.5) is 5.69 Å². The van der Waals surface area contributed by atoms with Gasteiger partial charge in [0.25, 0.3) is 0 Å². The highest BCUT2D eigenvalue weighted by atomic mass is 16.5. The molecule has 2 saturated heterocycles. The summed E-state index contributed by atoms with van der Waals surface area (Å²) in [7, 11) is 3.17. The summed E-state index contributed by atoms with van der Waals surface area (Å²) in [5.41, 5.74) is 0.739. The van der Waals surface area contributed by atoms with Crippen molar-refractivity contribution in [1.29, 1.82) is 0 Å². The van der Waals surface area contributed by atoms with Crippen LogP contribution in [0.3, 0.4) is 0 Å². The molecule has 3 aliphatic rings. The fourth-order valence-electron chi connectivity index (χ4n) is 5.16. The molecule has 178 valence electrons. The number of hydrogen-bond acceptors (Lipinski definition) is 6. The van der Waals surface area contributed by atoms with Crippen molar-refractivity contribution in [3.63, 3.8) is 0 Å². The fourth-order valence-corrected chi connectivity index (χ4v) is 5.16. The third-order valence-corrected chi connectivity index (χ3v) is 7.14. The average Bonchev–Trinajstić information content (AvgIpc) is 3.25. The minimum absolute atomic E-state index is 0.0107. The molecule has 5 rings (SSSR count). The molecule has 2 aromatic rings. The fraction of sp³-hybridized carbons (Fsp3) is 0.423. The Morgan fingerprint density at radius 2 is 1.68 bits per heavy atom. The molecule has 0 bridgehead atoms. The first-order valence-corrected chi connectivity index (χ1v) is 11.5. The van der Waals surface area contributed by atoms with Crippen LogP contribution < -0.4 is 19.1 Å². The van der Waals surface area contributed by atoms with Crippen LogP contribution in [0, 0.1) is 5.92 Å². The van der Waals surface area contributed by atoms with E-state index in [1.807, 2.05) is 17.0 Å². The number of likely N-dealkylation sites (tertiary alicyclic amines) is 1. The Kier molecular flexibility index (Phi) is 5.67. The number of Topliss-reactive ketones (excluding diaryl/α,β-unsaturated/α-hetero) is 1. The van der Waals surface area contributed by atoms with Crippen molar-refractivity contribution in [2.75, 3.05) is 38.8 Å². The maximum atomic E-state index is 13.2. The summed E-state index contributed by atoms with van der Waals surface area (Å²) in [6.07, 6.45) is 1.66. The molecule has 0 saturated carbocycles. The Bertz CT molecular complexity index is 1120. The van der Waals surface area contributed by atoms with Crippen LogP contribution in [-0.4, -0.2) is 62.0 Å². The van der Waals surface area contributed by atoms with Gasteiger partial charge in [-0.2, -0.15) is 0 Å². The van der Waals surface area contributed by atoms with E-state index in [1.165, 1.54) is 0 Å². The van der Waals surface area contributed by atoms with Crippen molar-refractivity contribution in [3.05, 3.63) is 48.0 Å². The van der Waals surface area contributed by atoms with Crippen LogP contribution in [0.25, 0.3) is 0 Å². The van der Waals surface area contributed by atoms with Gasteiger partial charge in [-0.3, -0.25) is 14.4 Å². The molecule has 1 unspecified atom stereocenters. The average molecular weight is 465 g/mol. The molecule has 1 spiro atoms. The first-order valence-electron chi connectivity index (χ1n) is 11.5. The molecular weight excluding hydrogens is 436 g/mol. The van der Waals surface area contributed by atoms with Crippen LogP contribution >= 0.6 is 0 Å². The number of nitrogens with zero attached hydrogens (tertiary/aromatic N) is 2. The van der Waals surface area contributed by atoms with Crippen molar-refractivity contribution in [2.45, 2.75) is 31.3 Å². The third-order valence-electron chi connectivity index (χ3n) is 7.14. The van der Waals surface area contributed by atoms with E-state index in [0.29, 0.717) is 56.0 Å². The minimum Gasteiger partial charge on any atom is -0.497 e. The molecule has 8 heteroatoms. The number of benzene rings is 2. The smallest absolute Gasteiger partial charge is 0.228 e. The van der Waals surface area contributed by atoms with Crippen LogP contribution in [-0.2, 0) is 9.59 Å². The Labute approximate surface area is 198 Å². The van der Waals surface area contributed by atoms with Crippen molar-refractivity contribution in [2.24, 2.45) is 5.92 Å². The number of ether oxygens (including phenoxy) is 3. The second-order valence-electron chi connectivity index (χ2n) is 9.18. The van der Waals surface area contributed by atoms with Crippen LogP contribution in [0.5, 0.6) is 17.2 Å². The number of methoxy groups -OCH3 is 2. The van der Waals surface area contributed by atoms with Crippen LogP contribution in [0.15, 0.2) is 42.5 Å². The Morgan fingerprint density at radius 1 is 1.00 bits per heavy atom. The Morgan fingerprint density at radius 3 is 2.35 bits per heavy atom. The minimum atomic E-state index is -0.603. The van der Waals surface area contributed by atoms with Gasteiger partial charge in [-0.25, -0.2) is 0 Å². The molecule has 0 radical (unpaired) electrons. The van der Waals surface area contributed by atoms with Gasteiger partial charge in [-0.1, -0.05) is 0 Å². The van der Waals surface area contributed by atoms with Crippen molar-refractivity contribution in [3.8, 4) is 17.2 Å². The summed E-state index contributed by atoms with van der Waals surface area (Å²) in [4.78, 5) is 42.1. The number of fused-ring (bicyclic) bond motifs is 1. The largest absolute Gasteiger partial charge is 0.497 e. The quantitative estimate of drug-likeness (QED) is 0.691. The maximum Gasteiger partial charge on any atom is 0.228 e. The van der Waals surface area contributed by atoms with E-state index in [9.17, 15) is 14.4 Å². The molecule has 2 fully saturated rings. The Hall–Kier alpha value is -3.55. The van der Waals surface area contributed by atoms with Gasteiger partial charge in [0, 0.05) is 50.7 Å². The predicted molar refractivity (Wildman–Crippen MR) is 125 cm³/mol. The number of hydrogen-bond donors (Lipinski definition) is 0. The molecule has 3 aliphatic heterocycles. The standard InChI is InChI=1S/C26H28N2O6/c1-32-19-5-3-18(4-6-19)28-16-17(13-24(28)30)25(31)27-11-9-26(10-12-27)15-22(29)21-8-7-20(33-2)14-23(21)34-26/h3-8,14,17H,9-13,15-16H2,1-2H3. The van der Waals surface area contributed by atoms with Gasteiger partial charge in [-0.15, -0.1) is 0 Å². The summed E-state index contributed by atoms with van der Waals surface area (Å²) in [5, 5.41) is 0. The molecule has 0 N–H and O–H groups in total. The molecule has 1 atom stereocenters.